The molecule has 0 amide bonds. The van der Waals surface area contributed by atoms with Gasteiger partial charge in [-0.2, -0.15) is 0 Å². The van der Waals surface area contributed by atoms with Crippen molar-refractivity contribution < 1.29 is 8.81 Å². The Morgan fingerprint density at radius 3 is 2.30 bits per heavy atom. The number of aromatic nitrogens is 2. The zero-order chi connectivity index (χ0) is 14.1. The molecular weight excluding hydrogens is 302 g/mol. The van der Waals surface area contributed by atoms with Crippen LogP contribution in [0.2, 0.25) is 10.3 Å². The van der Waals surface area contributed by atoms with Crippen LogP contribution < -0.4 is 0 Å². The maximum Gasteiger partial charge on any atom is 0.165 e. The molecule has 0 saturated carbocycles. The third-order valence-corrected chi connectivity index (χ3v) is 3.29. The van der Waals surface area contributed by atoms with E-state index in [4.69, 9.17) is 27.6 Å². The summed E-state index contributed by atoms with van der Waals surface area (Å²) in [5, 5.41) is 0.178. The number of furan rings is 1. The lowest BCUT2D eigenvalue weighted by Gasteiger charge is -2.08. The summed E-state index contributed by atoms with van der Waals surface area (Å²) in [6, 6.07) is 7.86. The van der Waals surface area contributed by atoms with Crippen molar-refractivity contribution in [3.63, 3.8) is 0 Å². The number of rotatable bonds is 2. The van der Waals surface area contributed by atoms with Gasteiger partial charge in [0.25, 0.3) is 0 Å². The van der Waals surface area contributed by atoms with Crippen molar-refractivity contribution in [2.24, 2.45) is 0 Å². The van der Waals surface area contributed by atoms with Crippen LogP contribution in [0.5, 0.6) is 0 Å². The number of halogens is 3. The van der Waals surface area contributed by atoms with Crippen LogP contribution in [0, 0.1) is 5.82 Å². The quantitative estimate of drug-likeness (QED) is 0.635. The summed E-state index contributed by atoms with van der Waals surface area (Å²) >= 11 is 12.3. The first-order chi connectivity index (χ1) is 9.66. The highest BCUT2D eigenvalue weighted by Gasteiger charge is 2.17. The average Bonchev–Trinajstić information content (AvgIpc) is 2.94. The van der Waals surface area contributed by atoms with Crippen LogP contribution in [-0.2, 0) is 0 Å². The summed E-state index contributed by atoms with van der Waals surface area (Å²) in [6.07, 6.45) is 2.97. The lowest BCUT2D eigenvalue weighted by molar-refractivity contribution is 0.568. The smallest absolute Gasteiger partial charge is 0.165 e. The Hall–Kier alpha value is -1.91. The van der Waals surface area contributed by atoms with Gasteiger partial charge in [0.15, 0.2) is 5.82 Å². The van der Waals surface area contributed by atoms with Gasteiger partial charge in [0, 0.05) is 5.56 Å². The summed E-state index contributed by atoms with van der Waals surface area (Å²) in [6.45, 7) is 0. The minimum absolute atomic E-state index is 0.0892. The molecule has 2 heterocycles. The third kappa shape index (κ3) is 2.28. The second-order valence-corrected chi connectivity index (χ2v) is 4.71. The van der Waals surface area contributed by atoms with E-state index >= 15 is 0 Å². The molecule has 0 saturated heterocycles. The SMILES string of the molecule is Fc1ccccc1-c1c(Cl)nc(-c2ccoc2)nc1Cl. The summed E-state index contributed by atoms with van der Waals surface area (Å²) < 4.78 is 18.8. The predicted molar refractivity (Wildman–Crippen MR) is 75.1 cm³/mol. The van der Waals surface area contributed by atoms with Gasteiger partial charge in [-0.3, -0.25) is 0 Å². The van der Waals surface area contributed by atoms with Crippen LogP contribution in [0.4, 0.5) is 4.39 Å². The minimum atomic E-state index is -0.434. The molecule has 0 aliphatic heterocycles. The number of benzene rings is 1. The summed E-state index contributed by atoms with van der Waals surface area (Å²) in [4.78, 5) is 8.27. The molecular formula is C14H7Cl2FN2O. The second kappa shape index (κ2) is 5.23. The normalized spacial score (nSPS) is 10.8. The van der Waals surface area contributed by atoms with Crippen LogP contribution in [0.1, 0.15) is 0 Å². The minimum Gasteiger partial charge on any atom is -0.472 e. The zero-order valence-corrected chi connectivity index (χ0v) is 11.5. The molecule has 3 aromatic rings. The molecule has 0 spiro atoms. The maximum atomic E-state index is 13.8. The van der Waals surface area contributed by atoms with Crippen molar-refractivity contribution in [2.75, 3.05) is 0 Å². The largest absolute Gasteiger partial charge is 0.472 e. The number of hydrogen-bond acceptors (Lipinski definition) is 3. The van der Waals surface area contributed by atoms with Gasteiger partial charge in [0.05, 0.1) is 17.4 Å². The molecule has 3 nitrogen and oxygen atoms in total. The molecule has 2 aromatic heterocycles. The van der Waals surface area contributed by atoms with E-state index in [1.54, 1.807) is 24.3 Å². The molecule has 0 fully saturated rings. The Morgan fingerprint density at radius 2 is 1.70 bits per heavy atom. The zero-order valence-electron chi connectivity index (χ0n) is 9.98. The van der Waals surface area contributed by atoms with Gasteiger partial charge in [-0.15, -0.1) is 0 Å². The van der Waals surface area contributed by atoms with E-state index in [2.05, 4.69) is 9.97 Å². The Labute approximate surface area is 124 Å². The van der Waals surface area contributed by atoms with Gasteiger partial charge in [0.2, 0.25) is 0 Å². The standard InChI is InChI=1S/C14H7Cl2FN2O/c15-12-11(9-3-1-2-4-10(9)17)13(16)19-14(18-12)8-5-6-20-7-8/h1-7H. The second-order valence-electron chi connectivity index (χ2n) is 4.00. The molecule has 0 atom stereocenters. The van der Waals surface area contributed by atoms with E-state index in [1.807, 2.05) is 0 Å². The first-order valence-corrected chi connectivity index (χ1v) is 6.43. The monoisotopic (exact) mass is 308 g/mol. The van der Waals surface area contributed by atoms with Gasteiger partial charge in [-0.05, 0) is 12.1 Å². The lowest BCUT2D eigenvalue weighted by atomic mass is 10.1. The van der Waals surface area contributed by atoms with Crippen LogP contribution in [0.3, 0.4) is 0 Å². The highest BCUT2D eigenvalue weighted by molar-refractivity contribution is 6.37. The number of nitrogens with zero attached hydrogens (tertiary/aromatic N) is 2. The summed E-state index contributed by atoms with van der Waals surface area (Å²) in [5.74, 6) is -0.107. The van der Waals surface area contributed by atoms with E-state index in [-0.39, 0.29) is 21.4 Å². The van der Waals surface area contributed by atoms with Crippen molar-refractivity contribution in [1.29, 1.82) is 0 Å². The maximum absolute atomic E-state index is 13.8. The molecule has 0 aliphatic carbocycles. The molecule has 0 aliphatic rings. The summed E-state index contributed by atoms with van der Waals surface area (Å²) in [5.41, 5.74) is 1.19. The van der Waals surface area contributed by atoms with Crippen molar-refractivity contribution in [3.8, 4) is 22.5 Å². The van der Waals surface area contributed by atoms with Gasteiger partial charge in [0.1, 0.15) is 22.4 Å². The van der Waals surface area contributed by atoms with Gasteiger partial charge >= 0.3 is 0 Å². The molecule has 1 aromatic carbocycles. The van der Waals surface area contributed by atoms with Crippen LogP contribution >= 0.6 is 23.2 Å². The van der Waals surface area contributed by atoms with E-state index in [0.717, 1.165) is 0 Å². The first kappa shape index (κ1) is 13.1. The van der Waals surface area contributed by atoms with Crippen molar-refractivity contribution in [3.05, 3.63) is 59.0 Å². The molecule has 20 heavy (non-hydrogen) atoms. The summed E-state index contributed by atoms with van der Waals surface area (Å²) in [7, 11) is 0. The molecule has 3 rings (SSSR count). The Kier molecular flexibility index (Phi) is 3.42. The molecule has 0 bridgehead atoms. The van der Waals surface area contributed by atoms with Gasteiger partial charge < -0.3 is 4.42 Å². The van der Waals surface area contributed by atoms with E-state index in [9.17, 15) is 4.39 Å². The van der Waals surface area contributed by atoms with Crippen molar-refractivity contribution >= 4 is 23.2 Å². The average molecular weight is 309 g/mol. The van der Waals surface area contributed by atoms with E-state index in [1.165, 1.54) is 18.6 Å². The molecule has 0 radical (unpaired) electrons. The molecule has 0 unspecified atom stereocenters. The topological polar surface area (TPSA) is 38.9 Å². The van der Waals surface area contributed by atoms with E-state index in [0.29, 0.717) is 11.4 Å². The van der Waals surface area contributed by atoms with E-state index < -0.39 is 5.82 Å². The first-order valence-electron chi connectivity index (χ1n) is 5.67. The third-order valence-electron chi connectivity index (χ3n) is 2.74. The van der Waals surface area contributed by atoms with Gasteiger partial charge in [-0.1, -0.05) is 41.4 Å². The van der Waals surface area contributed by atoms with Crippen molar-refractivity contribution in [2.45, 2.75) is 0 Å². The van der Waals surface area contributed by atoms with Crippen LogP contribution in [-0.4, -0.2) is 9.97 Å². The molecule has 100 valence electrons. The highest BCUT2D eigenvalue weighted by Crippen LogP contribution is 2.35. The number of hydrogen-bond donors (Lipinski definition) is 0. The Bertz CT molecular complexity index is 737. The van der Waals surface area contributed by atoms with Crippen LogP contribution in [0.25, 0.3) is 22.5 Å². The van der Waals surface area contributed by atoms with Crippen molar-refractivity contribution in [1.82, 2.24) is 9.97 Å². The predicted octanol–water partition coefficient (Wildman–Crippen LogP) is 4.85. The van der Waals surface area contributed by atoms with Crippen LogP contribution in [0.15, 0.2) is 47.3 Å². The fraction of sp³-hybridized carbons (Fsp3) is 0. The Morgan fingerprint density at radius 1 is 1.00 bits per heavy atom. The molecule has 6 heteroatoms. The molecule has 0 N–H and O–H groups in total. The fourth-order valence-corrected chi connectivity index (χ4v) is 2.41. The Balaban J connectivity index is 2.17. The highest BCUT2D eigenvalue weighted by atomic mass is 35.5. The fourth-order valence-electron chi connectivity index (χ4n) is 1.81. The lowest BCUT2D eigenvalue weighted by Crippen LogP contribution is -1.95. The van der Waals surface area contributed by atoms with Gasteiger partial charge in [-0.25, -0.2) is 14.4 Å².